The third kappa shape index (κ3) is 2.93. The van der Waals surface area contributed by atoms with Crippen molar-refractivity contribution in [2.45, 2.75) is 18.9 Å². The van der Waals surface area contributed by atoms with Crippen LogP contribution in [0.4, 0.5) is 5.82 Å². The van der Waals surface area contributed by atoms with E-state index in [-0.39, 0.29) is 26.0 Å². The molecular weight excluding hydrogens is 451 g/mol. The molecule has 1 aliphatic heterocycles. The number of nitrogens with one attached hydrogen (secondary N) is 1. The number of hydrogen-bond acceptors (Lipinski definition) is 7. The summed E-state index contributed by atoms with van der Waals surface area (Å²) >= 11 is 1.78. The van der Waals surface area contributed by atoms with Gasteiger partial charge in [-0.2, -0.15) is 5.43 Å². The van der Waals surface area contributed by atoms with Crippen molar-refractivity contribution < 1.29 is 14.5 Å². The largest absolute Gasteiger partial charge is 0.672 e. The van der Waals surface area contributed by atoms with Gasteiger partial charge < -0.3 is 10.1 Å². The number of allylic oxidation sites excluding steroid dienone is 2. The van der Waals surface area contributed by atoms with Gasteiger partial charge in [-0.05, 0) is 44.5 Å². The van der Waals surface area contributed by atoms with Gasteiger partial charge in [0.1, 0.15) is 11.9 Å². The highest BCUT2D eigenvalue weighted by molar-refractivity contribution is 14.1. The van der Waals surface area contributed by atoms with Crippen LogP contribution in [0.25, 0.3) is 0 Å². The number of fused-ring (bicyclic) bond motifs is 1. The van der Waals surface area contributed by atoms with Gasteiger partial charge in [0.05, 0.1) is 3.58 Å². The molecule has 4 rings (SSSR count). The summed E-state index contributed by atoms with van der Waals surface area (Å²) in [5, 5.41) is 15.8. The lowest BCUT2D eigenvalue weighted by Crippen LogP contribution is -2.51. The highest BCUT2D eigenvalue weighted by Gasteiger charge is 2.36. The van der Waals surface area contributed by atoms with E-state index in [9.17, 15) is 14.8 Å². The van der Waals surface area contributed by atoms with Gasteiger partial charge in [-0.25, -0.2) is 4.98 Å². The second-order valence-electron chi connectivity index (χ2n) is 6.13. The van der Waals surface area contributed by atoms with Crippen molar-refractivity contribution in [1.82, 2.24) is 14.9 Å². The van der Waals surface area contributed by atoms with E-state index in [2.05, 4.69) is 20.4 Å². The first-order valence-corrected chi connectivity index (χ1v) is 9.24. The molecule has 1 fully saturated rings. The molecule has 2 aromatic rings. The maximum absolute atomic E-state index is 12.3. The van der Waals surface area contributed by atoms with Crippen molar-refractivity contribution in [2.24, 2.45) is 0 Å². The van der Waals surface area contributed by atoms with Gasteiger partial charge in [-0.1, -0.05) is 11.2 Å². The van der Waals surface area contributed by atoms with Crippen LogP contribution in [0.2, 0.25) is 0 Å². The van der Waals surface area contributed by atoms with E-state index in [4.69, 9.17) is 0 Å². The second kappa shape index (κ2) is 6.67. The van der Waals surface area contributed by atoms with Crippen LogP contribution in [-0.4, -0.2) is 45.6 Å². The zero-order chi connectivity index (χ0) is 18.3. The van der Waals surface area contributed by atoms with Crippen LogP contribution < -0.4 is 15.3 Å². The first-order valence-electron chi connectivity index (χ1n) is 8.16. The van der Waals surface area contributed by atoms with Crippen molar-refractivity contribution in [2.75, 3.05) is 23.4 Å². The van der Waals surface area contributed by atoms with E-state index in [0.717, 1.165) is 36.5 Å². The number of carbonyl (C=O) groups excluding carboxylic acids is 2. The molecule has 0 bridgehead atoms. The van der Waals surface area contributed by atoms with E-state index in [1.54, 1.807) is 28.8 Å². The zero-order valence-electron chi connectivity index (χ0n) is 13.6. The molecule has 2 aromatic heterocycles. The average molecular weight is 466 g/mol. The van der Waals surface area contributed by atoms with Crippen LogP contribution in [0.5, 0.6) is 0 Å². The molecule has 0 atom stereocenters. The maximum atomic E-state index is 12.3. The predicted molar refractivity (Wildman–Crippen MR) is 101 cm³/mol. The molecule has 0 amide bonds. The lowest BCUT2D eigenvalue weighted by Gasteiger charge is -2.31. The summed E-state index contributed by atoms with van der Waals surface area (Å²) in [5.41, 5.74) is 2.94. The molecular formula is C16H15IN6O3. The minimum atomic E-state index is -0.407. The van der Waals surface area contributed by atoms with Crippen LogP contribution >= 0.6 is 22.6 Å². The molecule has 26 heavy (non-hydrogen) atoms. The Morgan fingerprint density at radius 3 is 2.73 bits per heavy atom. The molecule has 0 unspecified atom stereocenters. The van der Waals surface area contributed by atoms with Crippen molar-refractivity contribution in [3.8, 4) is 0 Å². The number of aromatic nitrogens is 4. The first-order chi connectivity index (χ1) is 12.5. The third-order valence-electron chi connectivity index (χ3n) is 4.49. The molecule has 0 spiro atoms. The van der Waals surface area contributed by atoms with Gasteiger partial charge in [0.15, 0.2) is 5.69 Å². The number of carbonyl (C=O) groups is 2. The normalized spacial score (nSPS) is 17.9. The molecule has 1 N–H and O–H groups in total. The minimum absolute atomic E-state index is 0.00225. The molecule has 1 aliphatic carbocycles. The Kier molecular flexibility index (Phi) is 4.34. The van der Waals surface area contributed by atoms with Crippen molar-refractivity contribution in [1.29, 1.82) is 0 Å². The lowest BCUT2D eigenvalue weighted by molar-refractivity contribution is -0.745. The Bertz CT molecular complexity index is 902. The smallest absolute Gasteiger partial charge is 0.224 e. The van der Waals surface area contributed by atoms with Gasteiger partial charge >= 0.3 is 0 Å². The van der Waals surface area contributed by atoms with E-state index >= 15 is 0 Å². The molecule has 0 saturated carbocycles. The first kappa shape index (κ1) is 16.9. The van der Waals surface area contributed by atoms with E-state index in [1.165, 1.54) is 6.08 Å². The molecule has 0 aromatic carbocycles. The van der Waals surface area contributed by atoms with Gasteiger partial charge in [0.2, 0.25) is 17.3 Å². The molecule has 3 heterocycles. The topological polar surface area (TPSA) is 107 Å². The van der Waals surface area contributed by atoms with Gasteiger partial charge in [0.25, 0.3) is 0 Å². The monoisotopic (exact) mass is 466 g/mol. The molecule has 134 valence electrons. The Balaban J connectivity index is 1.50. The SMILES string of the molecule is O=C1C(I)=CC(=O)c2c1n[n+]([O-])n2NC1CCN(c2ccccn2)CC1. The highest BCUT2D eigenvalue weighted by Crippen LogP contribution is 2.23. The van der Waals surface area contributed by atoms with Crippen LogP contribution in [0, 0.1) is 5.21 Å². The zero-order valence-corrected chi connectivity index (χ0v) is 15.8. The van der Waals surface area contributed by atoms with E-state index in [1.807, 2.05) is 18.2 Å². The standard InChI is InChI=1S/C16H15IN6O3/c17-11-9-12(24)15-14(16(11)25)20-23(26)22(15)19-10-4-7-21(8-5-10)13-3-1-2-6-18-13/h1-3,6,9-10,19H,4-5,7-8H2. The number of pyridine rings is 1. The summed E-state index contributed by atoms with van der Waals surface area (Å²) in [6.07, 6.45) is 4.52. The molecule has 0 radical (unpaired) electrons. The fourth-order valence-electron chi connectivity index (χ4n) is 3.16. The third-order valence-corrected chi connectivity index (χ3v) is 5.29. The molecule has 2 aliphatic rings. The predicted octanol–water partition coefficient (Wildman–Crippen LogP) is 0.822. The van der Waals surface area contributed by atoms with Gasteiger partial charge in [0, 0.05) is 38.2 Å². The fourth-order valence-corrected chi connectivity index (χ4v) is 3.70. The number of hydrogen-bond donors (Lipinski definition) is 1. The Hall–Kier alpha value is -2.50. The summed E-state index contributed by atoms with van der Waals surface area (Å²) in [6.45, 7) is 1.55. The number of ketones is 2. The van der Waals surface area contributed by atoms with Crippen LogP contribution in [0.3, 0.4) is 0 Å². The maximum Gasteiger partial charge on any atom is 0.224 e. The van der Waals surface area contributed by atoms with Gasteiger partial charge in [-0.15, -0.1) is 0 Å². The number of nitrogens with zero attached hydrogens (tertiary/aromatic N) is 5. The molecule has 10 heteroatoms. The van der Waals surface area contributed by atoms with Crippen LogP contribution in [-0.2, 0) is 0 Å². The average Bonchev–Trinajstić information content (AvgIpc) is 2.98. The number of halogens is 1. The summed E-state index contributed by atoms with van der Waals surface area (Å²) < 4.78 is 0.258. The summed E-state index contributed by atoms with van der Waals surface area (Å²) in [6, 6.07) is 5.77. The van der Waals surface area contributed by atoms with Crippen LogP contribution in [0.1, 0.15) is 33.8 Å². The Morgan fingerprint density at radius 1 is 1.27 bits per heavy atom. The quantitative estimate of drug-likeness (QED) is 0.406. The second-order valence-corrected chi connectivity index (χ2v) is 7.29. The van der Waals surface area contributed by atoms with E-state index in [0.29, 0.717) is 0 Å². The summed E-state index contributed by atoms with van der Waals surface area (Å²) in [7, 11) is 0. The minimum Gasteiger partial charge on any atom is -0.672 e. The summed E-state index contributed by atoms with van der Waals surface area (Å²) in [4.78, 5) is 32.2. The molecule has 1 saturated heterocycles. The van der Waals surface area contributed by atoms with Crippen molar-refractivity contribution >= 4 is 40.0 Å². The van der Waals surface area contributed by atoms with Gasteiger partial charge in [-0.3, -0.25) is 9.59 Å². The fraction of sp³-hybridized carbons (Fsp3) is 0.312. The Labute approximate surface area is 162 Å². The van der Waals surface area contributed by atoms with Crippen molar-refractivity contribution in [3.63, 3.8) is 0 Å². The van der Waals surface area contributed by atoms with E-state index < -0.39 is 11.6 Å². The summed E-state index contributed by atoms with van der Waals surface area (Å²) in [5.74, 6) is 0.116. The number of piperidine rings is 1. The number of anilines is 1. The Morgan fingerprint density at radius 2 is 2.04 bits per heavy atom. The number of rotatable bonds is 3. The highest BCUT2D eigenvalue weighted by atomic mass is 127. The lowest BCUT2D eigenvalue weighted by atomic mass is 10.1. The van der Waals surface area contributed by atoms with Crippen LogP contribution in [0.15, 0.2) is 34.1 Å². The molecule has 9 nitrogen and oxygen atoms in total. The van der Waals surface area contributed by atoms with Crippen molar-refractivity contribution in [3.05, 3.63) is 50.6 Å². The number of Topliss-reactive ketones (excluding diaryl/α,β-unsaturated/α-hetero) is 1.